The number of unbranched alkanes of at least 4 members (excludes halogenated alkanes) is 1. The van der Waals surface area contributed by atoms with Gasteiger partial charge in [0.1, 0.15) is 17.7 Å². The molecule has 0 unspecified atom stereocenters. The van der Waals surface area contributed by atoms with E-state index < -0.39 is 11.2 Å². The van der Waals surface area contributed by atoms with E-state index in [0.717, 1.165) is 90.5 Å². The summed E-state index contributed by atoms with van der Waals surface area (Å²) in [6, 6.07) is 34.3. The first-order valence-electron chi connectivity index (χ1n) is 20.6. The highest BCUT2D eigenvalue weighted by atomic mass is 79.9. The molecule has 0 saturated carbocycles. The topological polar surface area (TPSA) is 57.5 Å². The lowest BCUT2D eigenvalue weighted by Gasteiger charge is -2.59. The van der Waals surface area contributed by atoms with Gasteiger partial charge in [-0.25, -0.2) is 0 Å². The van der Waals surface area contributed by atoms with Crippen LogP contribution in [0.15, 0.2) is 125 Å². The Bertz CT molecular complexity index is 1890. The SMILES string of the molecule is CCCC[N+]12CCC(C(O)(c3ccsc3)c3ccsc3)(CC1)CC2.O=C(C[N+]12CCC(C(O)(c3ccccc3)c3ccccc3)(CC1)CC2)c1ccccc1.[Br-].[Br-]. The van der Waals surface area contributed by atoms with Gasteiger partial charge in [-0.1, -0.05) is 104 Å². The quantitative estimate of drug-likeness (QED) is 0.149. The third kappa shape index (κ3) is 7.97. The van der Waals surface area contributed by atoms with Gasteiger partial charge in [-0.3, -0.25) is 4.79 Å². The zero-order valence-corrected chi connectivity index (χ0v) is 38.0. The van der Waals surface area contributed by atoms with Crippen molar-refractivity contribution in [2.45, 2.75) is 69.5 Å². The molecule has 0 amide bonds. The zero-order chi connectivity index (χ0) is 38.0. The molecule has 6 saturated heterocycles. The second-order valence-electron chi connectivity index (χ2n) is 17.3. The van der Waals surface area contributed by atoms with Crippen molar-refractivity contribution >= 4 is 28.5 Å². The van der Waals surface area contributed by atoms with Gasteiger partial charge in [0.25, 0.3) is 0 Å². The van der Waals surface area contributed by atoms with Gasteiger partial charge in [0.2, 0.25) is 5.78 Å². The van der Waals surface area contributed by atoms with Crippen molar-refractivity contribution < 1.29 is 57.9 Å². The molecule has 304 valence electrons. The number of aliphatic hydroxyl groups is 2. The first kappa shape index (κ1) is 44.1. The molecule has 0 atom stereocenters. The van der Waals surface area contributed by atoms with Crippen LogP contribution < -0.4 is 34.0 Å². The Kier molecular flexibility index (Phi) is 13.9. The molecule has 57 heavy (non-hydrogen) atoms. The van der Waals surface area contributed by atoms with Gasteiger partial charge in [0, 0.05) is 54.9 Å². The Labute approximate surface area is 369 Å². The highest BCUT2D eigenvalue weighted by Crippen LogP contribution is 2.59. The number of nitrogens with zero attached hydrogens (tertiary/aromatic N) is 2. The second kappa shape index (κ2) is 18.0. The van der Waals surface area contributed by atoms with E-state index in [2.05, 4.69) is 64.8 Å². The molecule has 9 heteroatoms. The molecule has 5 aromatic rings. The molecule has 2 aromatic heterocycles. The lowest BCUT2D eigenvalue weighted by Crippen LogP contribution is -3.00. The maximum Gasteiger partial charge on any atom is 0.216 e. The van der Waals surface area contributed by atoms with Gasteiger partial charge < -0.3 is 53.1 Å². The fourth-order valence-corrected chi connectivity index (χ4v) is 12.6. The minimum absolute atomic E-state index is 0. The van der Waals surface area contributed by atoms with Crippen LogP contribution in [0.4, 0.5) is 0 Å². The average molecular weight is 935 g/mol. The Morgan fingerprint density at radius 3 is 1.35 bits per heavy atom. The smallest absolute Gasteiger partial charge is 0.216 e. The van der Waals surface area contributed by atoms with Crippen molar-refractivity contribution in [3.63, 3.8) is 0 Å². The van der Waals surface area contributed by atoms with E-state index in [4.69, 9.17) is 0 Å². The molecular formula is C48H58Br2N2O3S2. The number of halogens is 2. The van der Waals surface area contributed by atoms with Crippen molar-refractivity contribution in [1.82, 2.24) is 0 Å². The van der Waals surface area contributed by atoms with Crippen molar-refractivity contribution in [3.05, 3.63) is 152 Å². The molecule has 6 fully saturated rings. The Morgan fingerprint density at radius 1 is 0.579 bits per heavy atom. The Hall–Kier alpha value is -2.47. The number of ketones is 1. The van der Waals surface area contributed by atoms with E-state index in [-0.39, 0.29) is 50.6 Å². The minimum Gasteiger partial charge on any atom is -1.00 e. The number of fused-ring (bicyclic) bond motifs is 6. The summed E-state index contributed by atoms with van der Waals surface area (Å²) in [4.78, 5) is 12.9. The summed E-state index contributed by atoms with van der Waals surface area (Å²) in [5.41, 5.74) is 2.97. The van der Waals surface area contributed by atoms with Gasteiger partial charge >= 0.3 is 0 Å². The second-order valence-corrected chi connectivity index (χ2v) is 18.8. The van der Waals surface area contributed by atoms with Crippen molar-refractivity contribution in [3.8, 4) is 0 Å². The van der Waals surface area contributed by atoms with Crippen LogP contribution in [-0.2, 0) is 11.2 Å². The maximum absolute atomic E-state index is 12.9. The van der Waals surface area contributed by atoms with Crippen molar-refractivity contribution in [1.29, 1.82) is 0 Å². The predicted molar refractivity (Wildman–Crippen MR) is 225 cm³/mol. The predicted octanol–water partition coefficient (Wildman–Crippen LogP) is 3.66. The molecule has 2 N–H and O–H groups in total. The van der Waals surface area contributed by atoms with Crippen LogP contribution in [-0.4, -0.2) is 77.3 Å². The minimum atomic E-state index is -1.02. The van der Waals surface area contributed by atoms with Gasteiger partial charge in [-0.05, 0) is 62.3 Å². The standard InChI is InChI=1S/C28H30NO2.C20H28NOS2.2BrH/c30-26(23-10-4-1-5-11-23)22-29-19-16-27(17-20-29,18-21-29)28(31,24-12-6-2-7-13-24)25-14-8-3-9-15-25;1-2-3-9-21-10-6-19(7-11-21,8-12-21)20(22,17-4-13-23-15-17)18-5-14-24-16-18;;/h1-15,31H,16-22H2;4-5,13-16,22H,2-3,6-12H2,1H3;2*1H/q2*+1;;/p-2. The number of Topliss-reactive ketones (excluding diaryl/α,β-unsaturated/α-hetero) is 1. The van der Waals surface area contributed by atoms with Crippen LogP contribution in [0.5, 0.6) is 0 Å². The molecule has 6 aliphatic heterocycles. The van der Waals surface area contributed by atoms with Crippen LogP contribution in [0.1, 0.15) is 90.9 Å². The van der Waals surface area contributed by atoms with Crippen LogP contribution >= 0.6 is 22.7 Å². The number of hydrogen-bond donors (Lipinski definition) is 2. The number of piperidine rings is 6. The monoisotopic (exact) mass is 932 g/mol. The van der Waals surface area contributed by atoms with Gasteiger partial charge in [0.15, 0.2) is 0 Å². The van der Waals surface area contributed by atoms with Crippen molar-refractivity contribution in [2.24, 2.45) is 10.8 Å². The highest BCUT2D eigenvalue weighted by molar-refractivity contribution is 7.08. The number of hydrogen-bond acceptors (Lipinski definition) is 5. The van der Waals surface area contributed by atoms with Gasteiger partial charge in [-0.15, -0.1) is 0 Å². The van der Waals surface area contributed by atoms with E-state index >= 15 is 0 Å². The number of carbonyl (C=O) groups excluding carboxylic acids is 1. The number of thiophene rings is 2. The fraction of sp³-hybridized carbons (Fsp3) is 0.438. The summed E-state index contributed by atoms with van der Waals surface area (Å²) in [7, 11) is 0. The third-order valence-corrected chi connectivity index (χ3v) is 16.1. The lowest BCUT2D eigenvalue weighted by molar-refractivity contribution is -0.946. The number of carbonyl (C=O) groups is 1. The molecule has 6 aliphatic rings. The summed E-state index contributed by atoms with van der Waals surface area (Å²) in [5.74, 6) is 0.233. The number of rotatable bonds is 12. The van der Waals surface area contributed by atoms with E-state index in [1.54, 1.807) is 22.7 Å². The van der Waals surface area contributed by atoms with Crippen molar-refractivity contribution in [2.75, 3.05) is 52.4 Å². The molecule has 3 aromatic carbocycles. The zero-order valence-electron chi connectivity index (χ0n) is 33.2. The van der Waals surface area contributed by atoms with Crippen LogP contribution in [0.25, 0.3) is 0 Å². The van der Waals surface area contributed by atoms with Crippen LogP contribution in [0, 0.1) is 10.8 Å². The summed E-state index contributed by atoms with van der Waals surface area (Å²) in [6.07, 6.45) is 8.86. The van der Waals surface area contributed by atoms with Gasteiger partial charge in [-0.2, -0.15) is 22.7 Å². The molecule has 0 aliphatic carbocycles. The van der Waals surface area contributed by atoms with Crippen LogP contribution in [0.2, 0.25) is 0 Å². The van der Waals surface area contributed by atoms with E-state index in [9.17, 15) is 15.0 Å². The molecule has 5 nitrogen and oxygen atoms in total. The molecule has 0 radical (unpaired) electrons. The Morgan fingerprint density at radius 2 is 0.965 bits per heavy atom. The summed E-state index contributed by atoms with van der Waals surface area (Å²) < 4.78 is 2.16. The van der Waals surface area contributed by atoms with E-state index in [1.165, 1.54) is 43.5 Å². The molecule has 8 heterocycles. The van der Waals surface area contributed by atoms with E-state index in [1.807, 2.05) is 66.7 Å². The van der Waals surface area contributed by atoms with Gasteiger partial charge in [0.05, 0.1) is 45.8 Å². The summed E-state index contributed by atoms with van der Waals surface area (Å²) in [5, 5.41) is 33.1. The number of quaternary nitrogens is 2. The molecular weight excluding hydrogens is 876 g/mol. The summed E-state index contributed by atoms with van der Waals surface area (Å²) >= 11 is 3.40. The lowest BCUT2D eigenvalue weighted by atomic mass is 9.56. The normalized spacial score (nSPS) is 26.4. The maximum atomic E-state index is 12.9. The molecule has 0 spiro atoms. The molecule has 11 rings (SSSR count). The molecule has 4 bridgehead atoms. The summed E-state index contributed by atoms with van der Waals surface area (Å²) in [6.45, 7) is 10.8. The first-order valence-corrected chi connectivity index (χ1v) is 22.5. The van der Waals surface area contributed by atoms with Crippen LogP contribution in [0.3, 0.4) is 0 Å². The fourth-order valence-electron chi connectivity index (χ4n) is 11.2. The van der Waals surface area contributed by atoms with E-state index in [0.29, 0.717) is 6.54 Å². The largest absolute Gasteiger partial charge is 1.00 e. The third-order valence-electron chi connectivity index (χ3n) is 14.7. The number of benzene rings is 3. The Balaban J connectivity index is 0.000000192. The first-order chi connectivity index (χ1) is 26.7. The average Bonchev–Trinajstić information content (AvgIpc) is 4.02. The highest BCUT2D eigenvalue weighted by Gasteiger charge is 2.62.